The largest absolute Gasteiger partial charge is 0.389 e. The molecule has 15 heavy (non-hydrogen) atoms. The molecular formula is C12H18N2O. The van der Waals surface area contributed by atoms with Crippen molar-refractivity contribution in [3.8, 4) is 0 Å². The first-order valence-corrected chi connectivity index (χ1v) is 5.55. The maximum absolute atomic E-state index is 9.49. The molecule has 0 unspecified atom stereocenters. The third-order valence-electron chi connectivity index (χ3n) is 3.24. The van der Waals surface area contributed by atoms with E-state index in [1.54, 1.807) is 13.1 Å². The van der Waals surface area contributed by atoms with E-state index in [4.69, 9.17) is 0 Å². The predicted octanol–water partition coefficient (Wildman–Crippen LogP) is 2.12. The van der Waals surface area contributed by atoms with E-state index in [0.717, 1.165) is 11.4 Å². The molecule has 1 atom stereocenters. The van der Waals surface area contributed by atoms with E-state index in [2.05, 4.69) is 16.9 Å². The molecule has 0 spiro atoms. The lowest BCUT2D eigenvalue weighted by molar-refractivity contribution is 0.199. The number of anilines is 1. The Kier molecular flexibility index (Phi) is 2.91. The molecule has 0 bridgehead atoms. The monoisotopic (exact) mass is 206 g/mol. The van der Waals surface area contributed by atoms with E-state index in [1.165, 1.54) is 19.3 Å². The maximum atomic E-state index is 9.49. The van der Waals surface area contributed by atoms with Crippen molar-refractivity contribution in [1.29, 1.82) is 0 Å². The van der Waals surface area contributed by atoms with Gasteiger partial charge in [-0.05, 0) is 43.9 Å². The van der Waals surface area contributed by atoms with Crippen LogP contribution in [0.4, 0.5) is 5.82 Å². The van der Waals surface area contributed by atoms with Gasteiger partial charge in [-0.2, -0.15) is 0 Å². The SMILES string of the molecule is C[C@@H](O)c1ccnc(N(C)C2CCC2)c1. The van der Waals surface area contributed by atoms with Crippen LogP contribution in [0, 0.1) is 0 Å². The Morgan fingerprint density at radius 2 is 2.27 bits per heavy atom. The summed E-state index contributed by atoms with van der Waals surface area (Å²) < 4.78 is 0. The zero-order valence-corrected chi connectivity index (χ0v) is 9.35. The molecule has 1 aliphatic rings. The highest BCUT2D eigenvalue weighted by molar-refractivity contribution is 5.42. The summed E-state index contributed by atoms with van der Waals surface area (Å²) in [7, 11) is 2.08. The van der Waals surface area contributed by atoms with Crippen LogP contribution in [0.25, 0.3) is 0 Å². The number of aliphatic hydroxyl groups excluding tert-OH is 1. The summed E-state index contributed by atoms with van der Waals surface area (Å²) in [5.74, 6) is 0.970. The van der Waals surface area contributed by atoms with E-state index in [1.807, 2.05) is 12.1 Å². The number of rotatable bonds is 3. The van der Waals surface area contributed by atoms with Crippen molar-refractivity contribution in [2.45, 2.75) is 38.3 Å². The summed E-state index contributed by atoms with van der Waals surface area (Å²) in [6.45, 7) is 1.78. The first kappa shape index (κ1) is 10.4. The van der Waals surface area contributed by atoms with Gasteiger partial charge >= 0.3 is 0 Å². The lowest BCUT2D eigenvalue weighted by Crippen LogP contribution is -2.37. The van der Waals surface area contributed by atoms with Gasteiger partial charge in [0.2, 0.25) is 0 Å². The molecule has 1 aromatic heterocycles. The first-order valence-electron chi connectivity index (χ1n) is 5.55. The number of nitrogens with zero attached hydrogens (tertiary/aromatic N) is 2. The van der Waals surface area contributed by atoms with Crippen LogP contribution >= 0.6 is 0 Å². The van der Waals surface area contributed by atoms with Gasteiger partial charge in [0.05, 0.1) is 6.10 Å². The molecular weight excluding hydrogens is 188 g/mol. The average molecular weight is 206 g/mol. The van der Waals surface area contributed by atoms with E-state index in [-0.39, 0.29) is 0 Å². The van der Waals surface area contributed by atoms with Crippen molar-refractivity contribution >= 4 is 5.82 Å². The van der Waals surface area contributed by atoms with Crippen molar-refractivity contribution in [3.05, 3.63) is 23.9 Å². The minimum Gasteiger partial charge on any atom is -0.389 e. The fraction of sp³-hybridized carbons (Fsp3) is 0.583. The number of pyridine rings is 1. The highest BCUT2D eigenvalue weighted by Crippen LogP contribution is 2.27. The Labute approximate surface area is 90.8 Å². The summed E-state index contributed by atoms with van der Waals surface area (Å²) >= 11 is 0. The normalized spacial score (nSPS) is 18.3. The third-order valence-corrected chi connectivity index (χ3v) is 3.24. The molecule has 0 radical (unpaired) electrons. The Hall–Kier alpha value is -1.09. The van der Waals surface area contributed by atoms with Crippen molar-refractivity contribution < 1.29 is 5.11 Å². The number of aliphatic hydroxyl groups is 1. The molecule has 3 heteroatoms. The molecule has 1 heterocycles. The van der Waals surface area contributed by atoms with Crippen molar-refractivity contribution in [2.75, 3.05) is 11.9 Å². The maximum Gasteiger partial charge on any atom is 0.128 e. The summed E-state index contributed by atoms with van der Waals surface area (Å²) in [6.07, 6.45) is 5.20. The van der Waals surface area contributed by atoms with E-state index in [9.17, 15) is 5.11 Å². The molecule has 1 fully saturated rings. The van der Waals surface area contributed by atoms with Crippen molar-refractivity contribution in [1.82, 2.24) is 4.98 Å². The summed E-state index contributed by atoms with van der Waals surface area (Å²) in [5, 5.41) is 9.49. The molecule has 0 saturated heterocycles. The Balaban J connectivity index is 2.16. The van der Waals surface area contributed by atoms with Gasteiger partial charge in [0.25, 0.3) is 0 Å². The van der Waals surface area contributed by atoms with E-state index >= 15 is 0 Å². The van der Waals surface area contributed by atoms with Gasteiger partial charge in [-0.25, -0.2) is 4.98 Å². The standard InChI is InChI=1S/C12H18N2O/c1-9(15)10-6-7-13-12(8-10)14(2)11-4-3-5-11/h6-9,11,15H,3-5H2,1-2H3/t9-/m1/s1. The molecule has 1 saturated carbocycles. The summed E-state index contributed by atoms with van der Waals surface area (Å²) in [5.41, 5.74) is 0.936. The number of hydrogen-bond acceptors (Lipinski definition) is 3. The van der Waals surface area contributed by atoms with Crippen LogP contribution in [0.3, 0.4) is 0 Å². The van der Waals surface area contributed by atoms with Crippen LogP contribution in [-0.4, -0.2) is 23.2 Å². The molecule has 0 amide bonds. The molecule has 3 nitrogen and oxygen atoms in total. The zero-order chi connectivity index (χ0) is 10.8. The van der Waals surface area contributed by atoms with Gasteiger partial charge in [-0.15, -0.1) is 0 Å². The van der Waals surface area contributed by atoms with E-state index in [0.29, 0.717) is 6.04 Å². The second-order valence-electron chi connectivity index (χ2n) is 4.32. The minimum atomic E-state index is -0.415. The summed E-state index contributed by atoms with van der Waals surface area (Å²) in [4.78, 5) is 6.56. The molecule has 1 N–H and O–H groups in total. The Morgan fingerprint density at radius 3 is 2.80 bits per heavy atom. The molecule has 1 aliphatic carbocycles. The summed E-state index contributed by atoms with van der Waals surface area (Å²) in [6, 6.07) is 4.48. The van der Waals surface area contributed by atoms with Gasteiger partial charge in [0.15, 0.2) is 0 Å². The Bertz CT molecular complexity index is 334. The Morgan fingerprint density at radius 1 is 1.53 bits per heavy atom. The van der Waals surface area contributed by atoms with Gasteiger partial charge in [0.1, 0.15) is 5.82 Å². The smallest absolute Gasteiger partial charge is 0.128 e. The van der Waals surface area contributed by atoms with Gasteiger partial charge in [-0.3, -0.25) is 0 Å². The lowest BCUT2D eigenvalue weighted by atomic mass is 9.92. The van der Waals surface area contributed by atoms with Crippen LogP contribution in [0.15, 0.2) is 18.3 Å². The average Bonchev–Trinajstić information content (AvgIpc) is 2.15. The van der Waals surface area contributed by atoms with Gasteiger partial charge < -0.3 is 10.0 Å². The van der Waals surface area contributed by atoms with Crippen LogP contribution < -0.4 is 4.90 Å². The predicted molar refractivity (Wildman–Crippen MR) is 60.9 cm³/mol. The second-order valence-corrected chi connectivity index (χ2v) is 4.32. The fourth-order valence-corrected chi connectivity index (χ4v) is 1.85. The number of hydrogen-bond donors (Lipinski definition) is 1. The van der Waals surface area contributed by atoms with Gasteiger partial charge in [-0.1, -0.05) is 0 Å². The highest BCUT2D eigenvalue weighted by atomic mass is 16.3. The third kappa shape index (κ3) is 2.12. The first-order chi connectivity index (χ1) is 7.18. The molecule has 1 aromatic rings. The van der Waals surface area contributed by atoms with Crippen LogP contribution in [0.2, 0.25) is 0 Å². The minimum absolute atomic E-state index is 0.415. The van der Waals surface area contributed by atoms with Crippen LogP contribution in [0.5, 0.6) is 0 Å². The van der Waals surface area contributed by atoms with Crippen LogP contribution in [0.1, 0.15) is 37.9 Å². The highest BCUT2D eigenvalue weighted by Gasteiger charge is 2.23. The topological polar surface area (TPSA) is 36.4 Å². The van der Waals surface area contributed by atoms with Crippen molar-refractivity contribution in [2.24, 2.45) is 0 Å². The van der Waals surface area contributed by atoms with Crippen molar-refractivity contribution in [3.63, 3.8) is 0 Å². The lowest BCUT2D eigenvalue weighted by Gasteiger charge is -2.35. The van der Waals surface area contributed by atoms with Crippen LogP contribution in [-0.2, 0) is 0 Å². The quantitative estimate of drug-likeness (QED) is 0.823. The molecule has 2 rings (SSSR count). The fourth-order valence-electron chi connectivity index (χ4n) is 1.85. The molecule has 0 aliphatic heterocycles. The zero-order valence-electron chi connectivity index (χ0n) is 9.35. The molecule has 0 aromatic carbocycles. The second kappa shape index (κ2) is 4.19. The van der Waals surface area contributed by atoms with Gasteiger partial charge in [0, 0.05) is 19.3 Å². The molecule has 82 valence electrons. The number of aromatic nitrogens is 1. The van der Waals surface area contributed by atoms with E-state index < -0.39 is 6.10 Å².